The molecule has 0 spiro atoms. The monoisotopic (exact) mass is 512 g/mol. The molecule has 0 unspecified atom stereocenters. The molecule has 1 fully saturated rings. The van der Waals surface area contributed by atoms with Crippen LogP contribution in [0.3, 0.4) is 0 Å². The van der Waals surface area contributed by atoms with Gasteiger partial charge in [0.25, 0.3) is 5.56 Å². The van der Waals surface area contributed by atoms with Crippen LogP contribution in [0.15, 0.2) is 64.5 Å². The molecule has 3 aromatic rings. The summed E-state index contributed by atoms with van der Waals surface area (Å²) in [5, 5.41) is 0.707. The van der Waals surface area contributed by atoms with Gasteiger partial charge in [-0.1, -0.05) is 42.1 Å². The summed E-state index contributed by atoms with van der Waals surface area (Å²) < 4.78 is 23.6. The summed E-state index contributed by atoms with van der Waals surface area (Å²) in [6, 6.07) is 15.9. The fourth-order valence-corrected chi connectivity index (χ4v) is 5.05. The summed E-state index contributed by atoms with van der Waals surface area (Å²) in [5.41, 5.74) is -0.166. The number of para-hydroxylation sites is 2. The lowest BCUT2D eigenvalue weighted by atomic mass is 10.1. The van der Waals surface area contributed by atoms with Crippen molar-refractivity contribution in [2.75, 3.05) is 6.61 Å². The summed E-state index contributed by atoms with van der Waals surface area (Å²) in [6.45, 7) is 3.49. The Morgan fingerprint density at radius 1 is 0.889 bits per heavy atom. The highest BCUT2D eigenvalue weighted by Crippen LogP contribution is 2.35. The molecule has 11 heteroatoms. The lowest BCUT2D eigenvalue weighted by Gasteiger charge is -2.40. The predicted molar refractivity (Wildman–Crippen MR) is 130 cm³/mol. The van der Waals surface area contributed by atoms with E-state index in [1.54, 1.807) is 48.5 Å². The number of carbonyl (C=O) groups is 3. The number of hydrogen-bond donors (Lipinski definition) is 0. The van der Waals surface area contributed by atoms with Gasteiger partial charge in [-0.3, -0.25) is 23.7 Å². The van der Waals surface area contributed by atoms with Crippen molar-refractivity contribution in [1.29, 1.82) is 0 Å². The number of rotatable bonds is 6. The number of esters is 3. The highest BCUT2D eigenvalue weighted by molar-refractivity contribution is 7.99. The van der Waals surface area contributed by atoms with Crippen LogP contribution in [-0.2, 0) is 33.3 Å². The molecule has 1 saturated heterocycles. The van der Waals surface area contributed by atoms with E-state index in [0.717, 1.165) is 11.8 Å². The summed E-state index contributed by atoms with van der Waals surface area (Å²) >= 11 is 1.04. The molecule has 4 atom stereocenters. The van der Waals surface area contributed by atoms with Crippen LogP contribution in [0.5, 0.6) is 0 Å². The van der Waals surface area contributed by atoms with Crippen molar-refractivity contribution >= 4 is 40.6 Å². The minimum atomic E-state index is -1.15. The van der Waals surface area contributed by atoms with Gasteiger partial charge in [-0.15, -0.1) is 0 Å². The van der Waals surface area contributed by atoms with E-state index in [2.05, 4.69) is 4.98 Å². The van der Waals surface area contributed by atoms with Crippen LogP contribution < -0.4 is 5.56 Å². The highest BCUT2D eigenvalue weighted by Gasteiger charge is 2.47. The average Bonchev–Trinajstić information content (AvgIpc) is 2.82. The van der Waals surface area contributed by atoms with Crippen LogP contribution in [0.25, 0.3) is 16.6 Å². The number of carbonyl (C=O) groups excluding carboxylic acids is 3. The second kappa shape index (κ2) is 10.9. The maximum Gasteiger partial charge on any atom is 0.303 e. The number of fused-ring (bicyclic) bond motifs is 1. The number of ether oxygens (including phenoxy) is 4. The minimum Gasteiger partial charge on any atom is -0.456 e. The third kappa shape index (κ3) is 5.58. The van der Waals surface area contributed by atoms with Crippen molar-refractivity contribution in [3.8, 4) is 5.69 Å². The fourth-order valence-electron chi connectivity index (χ4n) is 3.91. The van der Waals surface area contributed by atoms with Crippen molar-refractivity contribution in [3.63, 3.8) is 0 Å². The topological polar surface area (TPSA) is 123 Å². The van der Waals surface area contributed by atoms with Crippen LogP contribution in [0.1, 0.15) is 20.8 Å². The van der Waals surface area contributed by atoms with Gasteiger partial charge in [0.1, 0.15) is 0 Å². The summed E-state index contributed by atoms with van der Waals surface area (Å²) in [6.07, 6.45) is -3.27. The summed E-state index contributed by atoms with van der Waals surface area (Å²) in [5.74, 6) is -1.91. The smallest absolute Gasteiger partial charge is 0.303 e. The van der Waals surface area contributed by atoms with Gasteiger partial charge < -0.3 is 18.9 Å². The first kappa shape index (κ1) is 25.4. The lowest BCUT2D eigenvalue weighted by molar-refractivity contribution is -0.213. The van der Waals surface area contributed by atoms with Gasteiger partial charge in [-0.2, -0.15) is 0 Å². The molecule has 0 saturated carbocycles. The normalized spacial score (nSPS) is 21.5. The van der Waals surface area contributed by atoms with Gasteiger partial charge in [0.2, 0.25) is 0 Å². The lowest BCUT2D eigenvalue weighted by Crippen LogP contribution is -2.56. The molecule has 1 aliphatic rings. The van der Waals surface area contributed by atoms with E-state index < -0.39 is 41.7 Å². The number of thioether (sulfide) groups is 1. The summed E-state index contributed by atoms with van der Waals surface area (Å²) in [4.78, 5) is 53.6. The zero-order chi connectivity index (χ0) is 25.8. The van der Waals surface area contributed by atoms with Crippen molar-refractivity contribution < 1.29 is 33.3 Å². The number of hydrogen-bond acceptors (Lipinski definition) is 10. The third-order valence-electron chi connectivity index (χ3n) is 5.29. The molecule has 0 radical (unpaired) electrons. The minimum absolute atomic E-state index is 0.129. The van der Waals surface area contributed by atoms with Crippen LogP contribution in [0, 0.1) is 0 Å². The Kier molecular flexibility index (Phi) is 7.70. The molecular weight excluding hydrogens is 488 g/mol. The van der Waals surface area contributed by atoms with Gasteiger partial charge in [0, 0.05) is 20.8 Å². The van der Waals surface area contributed by atoms with Crippen molar-refractivity contribution in [3.05, 3.63) is 65.0 Å². The van der Waals surface area contributed by atoms with E-state index >= 15 is 0 Å². The molecule has 4 rings (SSSR count). The van der Waals surface area contributed by atoms with Gasteiger partial charge in [-0.05, 0) is 24.3 Å². The van der Waals surface area contributed by atoms with Crippen LogP contribution in [-0.4, -0.2) is 57.8 Å². The van der Waals surface area contributed by atoms with Gasteiger partial charge >= 0.3 is 17.9 Å². The number of benzene rings is 2. The predicted octanol–water partition coefficient (Wildman–Crippen LogP) is 2.63. The Bertz CT molecular complexity index is 1340. The quantitative estimate of drug-likeness (QED) is 0.277. The fraction of sp³-hybridized carbons (Fsp3) is 0.320. The van der Waals surface area contributed by atoms with E-state index in [9.17, 15) is 19.2 Å². The Morgan fingerprint density at radius 2 is 1.50 bits per heavy atom. The Hall–Kier alpha value is -3.70. The van der Waals surface area contributed by atoms with Gasteiger partial charge in [0.15, 0.2) is 28.9 Å². The average molecular weight is 513 g/mol. The first-order valence-electron chi connectivity index (χ1n) is 11.1. The van der Waals surface area contributed by atoms with E-state index in [1.165, 1.54) is 25.3 Å². The molecular formula is C25H24N2O8S. The van der Waals surface area contributed by atoms with Crippen molar-refractivity contribution in [1.82, 2.24) is 9.55 Å². The molecule has 0 N–H and O–H groups in total. The highest BCUT2D eigenvalue weighted by atomic mass is 32.2. The second-order valence-corrected chi connectivity index (χ2v) is 9.07. The molecule has 36 heavy (non-hydrogen) atoms. The zero-order valence-corrected chi connectivity index (χ0v) is 20.6. The summed E-state index contributed by atoms with van der Waals surface area (Å²) in [7, 11) is 0. The molecule has 2 aromatic carbocycles. The Balaban J connectivity index is 1.79. The molecule has 0 bridgehead atoms. The van der Waals surface area contributed by atoms with E-state index in [0.29, 0.717) is 16.6 Å². The standard InChI is InChI=1S/C25H24N2O8S/c1-14(28)33-20-13-32-24(22(35-16(3)30)21(20)34-15(2)29)36-25-26-19-12-8-7-11-18(19)23(31)27(25)17-9-5-4-6-10-17/h4-12,20-22,24H,13H2,1-3H3/t20-,21-,22+,24-/m0/s1. The van der Waals surface area contributed by atoms with Gasteiger partial charge in [0.05, 0.1) is 23.2 Å². The zero-order valence-electron chi connectivity index (χ0n) is 19.8. The molecule has 1 aromatic heterocycles. The van der Waals surface area contributed by atoms with E-state index in [4.69, 9.17) is 18.9 Å². The molecule has 0 aliphatic carbocycles. The molecule has 188 valence electrons. The van der Waals surface area contributed by atoms with E-state index in [-0.39, 0.29) is 17.3 Å². The number of aromatic nitrogens is 2. The third-order valence-corrected chi connectivity index (χ3v) is 6.41. The largest absolute Gasteiger partial charge is 0.456 e. The maximum absolute atomic E-state index is 13.5. The van der Waals surface area contributed by atoms with Crippen molar-refractivity contribution in [2.45, 2.75) is 49.7 Å². The molecule has 10 nitrogen and oxygen atoms in total. The molecule has 1 aliphatic heterocycles. The van der Waals surface area contributed by atoms with Crippen LogP contribution in [0.2, 0.25) is 0 Å². The van der Waals surface area contributed by atoms with Crippen LogP contribution >= 0.6 is 11.8 Å². The second-order valence-electron chi connectivity index (χ2n) is 8.00. The first-order valence-corrected chi connectivity index (χ1v) is 12.0. The molecule has 0 amide bonds. The van der Waals surface area contributed by atoms with E-state index in [1.807, 2.05) is 6.07 Å². The molecule has 2 heterocycles. The SMILES string of the molecule is CC(=O)O[C@@H]1[C@@H](OC(C)=O)[C@H](Sc2nc3ccccc3c(=O)n2-c2ccccc2)OC[C@@H]1OC(C)=O. The first-order chi connectivity index (χ1) is 17.2. The van der Waals surface area contributed by atoms with Gasteiger partial charge in [-0.25, -0.2) is 4.98 Å². The maximum atomic E-state index is 13.5. The number of nitrogens with zero attached hydrogens (tertiary/aromatic N) is 2. The Labute approximate surface area is 210 Å². The van der Waals surface area contributed by atoms with Crippen LogP contribution in [0.4, 0.5) is 0 Å². The van der Waals surface area contributed by atoms with Crippen molar-refractivity contribution in [2.24, 2.45) is 0 Å². The Morgan fingerprint density at radius 3 is 2.17 bits per heavy atom.